The number of carbonyl (C=O) groups is 1. The summed E-state index contributed by atoms with van der Waals surface area (Å²) in [5, 5.41) is 13.5. The summed E-state index contributed by atoms with van der Waals surface area (Å²) >= 11 is 0. The number of aromatic nitrogens is 3. The Hall–Kier alpha value is -2.41. The lowest BCUT2D eigenvalue weighted by molar-refractivity contribution is 0.134. The van der Waals surface area contributed by atoms with Crippen molar-refractivity contribution in [3.8, 4) is 0 Å². The molecule has 7 nitrogen and oxygen atoms in total. The lowest BCUT2D eigenvalue weighted by Gasteiger charge is -2.14. The Morgan fingerprint density at radius 2 is 2.00 bits per heavy atom. The molecule has 1 aromatic carbocycles. The number of aryl methyl sites for hydroxylation is 1. The molecule has 7 heteroatoms. The minimum atomic E-state index is -0.237. The van der Waals surface area contributed by atoms with Gasteiger partial charge in [-0.3, -0.25) is 0 Å². The van der Waals surface area contributed by atoms with Crippen LogP contribution >= 0.6 is 0 Å². The second kappa shape index (κ2) is 8.28. The maximum Gasteiger partial charge on any atom is 0.315 e. The molecule has 124 valence electrons. The molecule has 0 radical (unpaired) electrons. The van der Waals surface area contributed by atoms with E-state index in [2.05, 4.69) is 20.8 Å². The summed E-state index contributed by atoms with van der Waals surface area (Å²) in [6.45, 7) is 5.62. The fourth-order valence-electron chi connectivity index (χ4n) is 2.15. The van der Waals surface area contributed by atoms with Gasteiger partial charge in [0.05, 0.1) is 12.6 Å². The summed E-state index contributed by atoms with van der Waals surface area (Å²) in [6, 6.07) is 7.54. The molecule has 0 unspecified atom stereocenters. The Bertz CT molecular complexity index is 624. The van der Waals surface area contributed by atoms with Crippen molar-refractivity contribution in [2.75, 3.05) is 6.61 Å². The highest BCUT2D eigenvalue weighted by Gasteiger charge is 2.13. The van der Waals surface area contributed by atoms with E-state index in [9.17, 15) is 4.79 Å². The molecule has 0 bridgehead atoms. The summed E-state index contributed by atoms with van der Waals surface area (Å²) in [5.74, 6) is 0.709. The van der Waals surface area contributed by atoms with E-state index in [0.717, 1.165) is 11.1 Å². The molecule has 23 heavy (non-hydrogen) atoms. The van der Waals surface area contributed by atoms with Crippen molar-refractivity contribution in [2.45, 2.75) is 33.0 Å². The quantitative estimate of drug-likeness (QED) is 0.817. The number of carbonyl (C=O) groups excluding carboxylic acids is 1. The average Bonchev–Trinajstić information content (AvgIpc) is 2.98. The van der Waals surface area contributed by atoms with Crippen molar-refractivity contribution < 1.29 is 9.53 Å². The highest BCUT2D eigenvalue weighted by atomic mass is 16.5. The Morgan fingerprint density at radius 3 is 2.61 bits per heavy atom. The third-order valence-corrected chi connectivity index (χ3v) is 3.43. The van der Waals surface area contributed by atoms with Gasteiger partial charge >= 0.3 is 6.03 Å². The predicted molar refractivity (Wildman–Crippen MR) is 86.6 cm³/mol. The van der Waals surface area contributed by atoms with Gasteiger partial charge in [-0.25, -0.2) is 4.79 Å². The summed E-state index contributed by atoms with van der Waals surface area (Å²) in [5.41, 5.74) is 2.16. The number of nitrogens with one attached hydrogen (secondary N) is 2. The first-order valence-electron chi connectivity index (χ1n) is 7.64. The van der Waals surface area contributed by atoms with Gasteiger partial charge in [0, 0.05) is 20.2 Å². The SMILES string of the molecule is CCOCc1ccc(CNC(=O)N[C@H](C)c2nncn2C)cc1. The summed E-state index contributed by atoms with van der Waals surface area (Å²) in [7, 11) is 1.84. The lowest BCUT2D eigenvalue weighted by atomic mass is 10.1. The van der Waals surface area contributed by atoms with Crippen LogP contribution in [0.15, 0.2) is 30.6 Å². The minimum absolute atomic E-state index is 0.212. The maximum atomic E-state index is 11.9. The number of amides is 2. The molecule has 2 amide bonds. The monoisotopic (exact) mass is 317 g/mol. The summed E-state index contributed by atoms with van der Waals surface area (Å²) < 4.78 is 7.13. The molecule has 0 aliphatic rings. The van der Waals surface area contributed by atoms with E-state index in [1.165, 1.54) is 0 Å². The third kappa shape index (κ3) is 5.07. The second-order valence-electron chi connectivity index (χ2n) is 5.30. The van der Waals surface area contributed by atoms with Gasteiger partial charge in [-0.1, -0.05) is 24.3 Å². The van der Waals surface area contributed by atoms with Crippen molar-refractivity contribution in [1.29, 1.82) is 0 Å². The normalized spacial score (nSPS) is 12.0. The minimum Gasteiger partial charge on any atom is -0.377 e. The van der Waals surface area contributed by atoms with E-state index < -0.39 is 0 Å². The largest absolute Gasteiger partial charge is 0.377 e. The maximum absolute atomic E-state index is 11.9. The number of hydrogen-bond donors (Lipinski definition) is 2. The number of rotatable bonds is 7. The Morgan fingerprint density at radius 1 is 1.30 bits per heavy atom. The molecule has 2 aromatic rings. The van der Waals surface area contributed by atoms with Crippen LogP contribution in [0.2, 0.25) is 0 Å². The van der Waals surface area contributed by atoms with E-state index in [0.29, 0.717) is 25.6 Å². The zero-order valence-electron chi connectivity index (χ0n) is 13.7. The molecule has 0 aliphatic heterocycles. The molecule has 1 atom stereocenters. The van der Waals surface area contributed by atoms with Gasteiger partial charge < -0.3 is 19.9 Å². The van der Waals surface area contributed by atoms with Crippen molar-refractivity contribution in [3.63, 3.8) is 0 Å². The topological polar surface area (TPSA) is 81.1 Å². The average molecular weight is 317 g/mol. The zero-order chi connectivity index (χ0) is 16.7. The van der Waals surface area contributed by atoms with E-state index in [1.54, 1.807) is 10.9 Å². The molecule has 0 spiro atoms. The predicted octanol–water partition coefficient (Wildman–Crippen LogP) is 1.91. The van der Waals surface area contributed by atoms with Gasteiger partial charge in [0.2, 0.25) is 0 Å². The fraction of sp³-hybridized carbons (Fsp3) is 0.438. The van der Waals surface area contributed by atoms with Crippen molar-refractivity contribution >= 4 is 6.03 Å². The zero-order valence-corrected chi connectivity index (χ0v) is 13.7. The van der Waals surface area contributed by atoms with Gasteiger partial charge in [0.1, 0.15) is 6.33 Å². The van der Waals surface area contributed by atoms with E-state index >= 15 is 0 Å². The Labute approximate surface area is 136 Å². The molecule has 2 rings (SSSR count). The van der Waals surface area contributed by atoms with Crippen molar-refractivity contribution in [3.05, 3.63) is 47.5 Å². The highest BCUT2D eigenvalue weighted by Crippen LogP contribution is 2.07. The van der Waals surface area contributed by atoms with Crippen LogP contribution in [-0.4, -0.2) is 27.4 Å². The van der Waals surface area contributed by atoms with Crippen LogP contribution < -0.4 is 10.6 Å². The molecular formula is C16H23N5O2. The number of urea groups is 1. The first-order chi connectivity index (χ1) is 11.1. The highest BCUT2D eigenvalue weighted by molar-refractivity contribution is 5.74. The standard InChI is InChI=1S/C16H23N5O2/c1-4-23-10-14-7-5-13(6-8-14)9-17-16(22)19-12(2)15-20-18-11-21(15)3/h5-8,11-12H,4,9-10H2,1-3H3,(H2,17,19,22)/t12-/m1/s1. The van der Waals surface area contributed by atoms with Crippen LogP contribution in [0.3, 0.4) is 0 Å². The molecule has 2 N–H and O–H groups in total. The van der Waals surface area contributed by atoms with E-state index in [-0.39, 0.29) is 12.1 Å². The number of ether oxygens (including phenoxy) is 1. The summed E-state index contributed by atoms with van der Waals surface area (Å²) in [4.78, 5) is 11.9. The smallest absolute Gasteiger partial charge is 0.315 e. The first kappa shape index (κ1) is 17.0. The van der Waals surface area contributed by atoms with E-state index in [4.69, 9.17) is 4.74 Å². The number of benzene rings is 1. The van der Waals surface area contributed by atoms with Crippen LogP contribution in [0, 0.1) is 0 Å². The first-order valence-corrected chi connectivity index (χ1v) is 7.64. The van der Waals surface area contributed by atoms with Crippen LogP contribution in [0.1, 0.15) is 36.8 Å². The van der Waals surface area contributed by atoms with Crippen LogP contribution in [-0.2, 0) is 24.9 Å². The Kier molecular flexibility index (Phi) is 6.10. The summed E-state index contributed by atoms with van der Waals surface area (Å²) in [6.07, 6.45) is 1.61. The molecule has 0 fully saturated rings. The number of nitrogens with zero attached hydrogens (tertiary/aromatic N) is 3. The van der Waals surface area contributed by atoms with Gasteiger partial charge in [-0.05, 0) is 25.0 Å². The number of hydrogen-bond acceptors (Lipinski definition) is 4. The van der Waals surface area contributed by atoms with E-state index in [1.807, 2.05) is 45.2 Å². The third-order valence-electron chi connectivity index (χ3n) is 3.43. The molecule has 1 aromatic heterocycles. The second-order valence-corrected chi connectivity index (χ2v) is 5.30. The van der Waals surface area contributed by atoms with Crippen molar-refractivity contribution in [2.24, 2.45) is 7.05 Å². The van der Waals surface area contributed by atoms with Gasteiger partial charge in [-0.2, -0.15) is 0 Å². The van der Waals surface area contributed by atoms with Crippen molar-refractivity contribution in [1.82, 2.24) is 25.4 Å². The Balaban J connectivity index is 1.79. The fourth-order valence-corrected chi connectivity index (χ4v) is 2.15. The lowest BCUT2D eigenvalue weighted by Crippen LogP contribution is -2.37. The van der Waals surface area contributed by atoms with Gasteiger partial charge in [0.25, 0.3) is 0 Å². The molecule has 0 aliphatic carbocycles. The van der Waals surface area contributed by atoms with Crippen LogP contribution in [0.5, 0.6) is 0 Å². The molecule has 1 heterocycles. The molecule has 0 saturated heterocycles. The van der Waals surface area contributed by atoms with Gasteiger partial charge in [-0.15, -0.1) is 10.2 Å². The van der Waals surface area contributed by atoms with Crippen LogP contribution in [0.4, 0.5) is 4.79 Å². The van der Waals surface area contributed by atoms with Gasteiger partial charge in [0.15, 0.2) is 5.82 Å². The van der Waals surface area contributed by atoms with Crippen LogP contribution in [0.25, 0.3) is 0 Å². The molecule has 0 saturated carbocycles. The molecular weight excluding hydrogens is 294 g/mol.